The zero-order valence-electron chi connectivity index (χ0n) is 14.6. The molecule has 1 aliphatic rings. The SMILES string of the molecule is CC(O)CC(CNC(=O)NC1CCc2ccccc21)c1ccccc1. The van der Waals surface area contributed by atoms with Crippen LogP contribution in [0.4, 0.5) is 4.79 Å². The molecule has 1 aliphatic carbocycles. The van der Waals surface area contributed by atoms with E-state index in [1.807, 2.05) is 42.5 Å². The minimum atomic E-state index is -0.406. The summed E-state index contributed by atoms with van der Waals surface area (Å²) in [6, 6.07) is 18.2. The summed E-state index contributed by atoms with van der Waals surface area (Å²) in [6.45, 7) is 2.29. The van der Waals surface area contributed by atoms with Gasteiger partial charge in [-0.25, -0.2) is 4.79 Å². The van der Waals surface area contributed by atoms with Crippen molar-refractivity contribution in [3.05, 3.63) is 71.3 Å². The second kappa shape index (κ2) is 8.17. The number of nitrogens with one attached hydrogen (secondary N) is 2. The molecule has 3 rings (SSSR count). The zero-order valence-corrected chi connectivity index (χ0v) is 14.6. The van der Waals surface area contributed by atoms with Gasteiger partial charge < -0.3 is 15.7 Å². The van der Waals surface area contributed by atoms with Crippen LogP contribution in [-0.4, -0.2) is 23.8 Å². The second-order valence-corrected chi connectivity index (χ2v) is 6.84. The molecule has 4 heteroatoms. The molecule has 25 heavy (non-hydrogen) atoms. The molecule has 0 heterocycles. The van der Waals surface area contributed by atoms with E-state index in [9.17, 15) is 9.90 Å². The second-order valence-electron chi connectivity index (χ2n) is 6.84. The summed E-state index contributed by atoms with van der Waals surface area (Å²) in [5, 5.41) is 15.8. The standard InChI is InChI=1S/C21H26N2O2/c1-15(24)13-18(16-7-3-2-4-8-16)14-22-21(25)23-20-12-11-17-9-5-6-10-19(17)20/h2-10,15,18,20,24H,11-14H2,1H3,(H2,22,23,25). The molecule has 132 valence electrons. The molecule has 2 aromatic carbocycles. The third kappa shape index (κ3) is 4.60. The van der Waals surface area contributed by atoms with E-state index < -0.39 is 6.10 Å². The Morgan fingerprint density at radius 1 is 1.16 bits per heavy atom. The van der Waals surface area contributed by atoms with Gasteiger partial charge in [0.25, 0.3) is 0 Å². The lowest BCUT2D eigenvalue weighted by Crippen LogP contribution is -2.39. The van der Waals surface area contributed by atoms with E-state index >= 15 is 0 Å². The van der Waals surface area contributed by atoms with Crippen molar-refractivity contribution in [1.82, 2.24) is 10.6 Å². The van der Waals surface area contributed by atoms with Gasteiger partial charge in [-0.05, 0) is 42.9 Å². The molecule has 0 fully saturated rings. The molecule has 0 radical (unpaired) electrons. The zero-order chi connectivity index (χ0) is 17.6. The number of rotatable bonds is 6. The van der Waals surface area contributed by atoms with Crippen LogP contribution in [0.25, 0.3) is 0 Å². The number of aryl methyl sites for hydroxylation is 1. The molecule has 0 aromatic heterocycles. The van der Waals surface area contributed by atoms with Crippen LogP contribution >= 0.6 is 0 Å². The number of hydrogen-bond donors (Lipinski definition) is 3. The smallest absolute Gasteiger partial charge is 0.315 e. The van der Waals surface area contributed by atoms with Gasteiger partial charge >= 0.3 is 6.03 Å². The third-order valence-corrected chi connectivity index (χ3v) is 4.84. The maximum atomic E-state index is 12.3. The van der Waals surface area contributed by atoms with Crippen molar-refractivity contribution in [3.8, 4) is 0 Å². The predicted octanol–water partition coefficient (Wildman–Crippen LogP) is 3.53. The number of aliphatic hydroxyl groups is 1. The van der Waals surface area contributed by atoms with E-state index in [2.05, 4.69) is 22.8 Å². The first-order chi connectivity index (χ1) is 12.1. The van der Waals surface area contributed by atoms with E-state index in [0.717, 1.165) is 18.4 Å². The maximum absolute atomic E-state index is 12.3. The monoisotopic (exact) mass is 338 g/mol. The maximum Gasteiger partial charge on any atom is 0.315 e. The summed E-state index contributed by atoms with van der Waals surface area (Å²) >= 11 is 0. The molecular formula is C21H26N2O2. The number of benzene rings is 2. The van der Waals surface area contributed by atoms with E-state index in [0.29, 0.717) is 13.0 Å². The van der Waals surface area contributed by atoms with Crippen LogP contribution in [0.3, 0.4) is 0 Å². The summed E-state index contributed by atoms with van der Waals surface area (Å²) in [4.78, 5) is 12.3. The van der Waals surface area contributed by atoms with Gasteiger partial charge in [0.2, 0.25) is 0 Å². The summed E-state index contributed by atoms with van der Waals surface area (Å²) < 4.78 is 0. The van der Waals surface area contributed by atoms with Crippen molar-refractivity contribution in [2.75, 3.05) is 6.54 Å². The Hall–Kier alpha value is -2.33. The molecule has 3 N–H and O–H groups in total. The molecule has 2 amide bonds. The molecule has 3 atom stereocenters. The van der Waals surface area contributed by atoms with Gasteiger partial charge in [0.1, 0.15) is 0 Å². The van der Waals surface area contributed by atoms with Crippen LogP contribution in [0.2, 0.25) is 0 Å². The van der Waals surface area contributed by atoms with E-state index in [-0.39, 0.29) is 18.0 Å². The van der Waals surface area contributed by atoms with Gasteiger partial charge in [-0.15, -0.1) is 0 Å². The molecule has 0 saturated carbocycles. The largest absolute Gasteiger partial charge is 0.393 e. The fourth-order valence-corrected chi connectivity index (χ4v) is 3.61. The van der Waals surface area contributed by atoms with Crippen molar-refractivity contribution in [1.29, 1.82) is 0 Å². The van der Waals surface area contributed by atoms with Crippen molar-refractivity contribution in [2.45, 2.75) is 44.2 Å². The normalized spacial score (nSPS) is 18.2. The van der Waals surface area contributed by atoms with Crippen LogP contribution in [0.15, 0.2) is 54.6 Å². The minimum absolute atomic E-state index is 0.0862. The Balaban J connectivity index is 1.57. The predicted molar refractivity (Wildman–Crippen MR) is 99.5 cm³/mol. The number of fused-ring (bicyclic) bond motifs is 1. The Bertz CT molecular complexity index is 700. The molecular weight excluding hydrogens is 312 g/mol. The topological polar surface area (TPSA) is 61.4 Å². The molecule has 3 unspecified atom stereocenters. The Kier molecular flexibility index (Phi) is 5.71. The van der Waals surface area contributed by atoms with Crippen LogP contribution in [0.5, 0.6) is 0 Å². The van der Waals surface area contributed by atoms with Crippen molar-refractivity contribution >= 4 is 6.03 Å². The number of aliphatic hydroxyl groups excluding tert-OH is 1. The van der Waals surface area contributed by atoms with Gasteiger partial charge in [-0.3, -0.25) is 0 Å². The lowest BCUT2D eigenvalue weighted by molar-refractivity contribution is 0.173. The van der Waals surface area contributed by atoms with Gasteiger partial charge in [-0.2, -0.15) is 0 Å². The lowest BCUT2D eigenvalue weighted by Gasteiger charge is -2.21. The van der Waals surface area contributed by atoms with Gasteiger partial charge in [0, 0.05) is 12.5 Å². The number of carbonyl (C=O) groups excluding carboxylic acids is 1. The number of urea groups is 1. The Labute approximate surface area is 149 Å². The van der Waals surface area contributed by atoms with Crippen molar-refractivity contribution in [2.24, 2.45) is 0 Å². The third-order valence-electron chi connectivity index (χ3n) is 4.84. The highest BCUT2D eigenvalue weighted by Crippen LogP contribution is 2.30. The molecule has 0 spiro atoms. The number of carbonyl (C=O) groups is 1. The van der Waals surface area contributed by atoms with Gasteiger partial charge in [0.05, 0.1) is 12.1 Å². The van der Waals surface area contributed by atoms with E-state index in [1.54, 1.807) is 6.92 Å². The fourth-order valence-electron chi connectivity index (χ4n) is 3.61. The Morgan fingerprint density at radius 3 is 2.64 bits per heavy atom. The van der Waals surface area contributed by atoms with Crippen LogP contribution in [0, 0.1) is 0 Å². The first-order valence-corrected chi connectivity index (χ1v) is 8.98. The average Bonchev–Trinajstić information content (AvgIpc) is 3.02. The molecule has 4 nitrogen and oxygen atoms in total. The van der Waals surface area contributed by atoms with Crippen molar-refractivity contribution < 1.29 is 9.90 Å². The molecule has 0 bridgehead atoms. The number of amides is 2. The van der Waals surface area contributed by atoms with Crippen LogP contribution in [0.1, 0.15) is 48.4 Å². The minimum Gasteiger partial charge on any atom is -0.393 e. The molecule has 2 aromatic rings. The van der Waals surface area contributed by atoms with E-state index in [1.165, 1.54) is 11.1 Å². The first-order valence-electron chi connectivity index (χ1n) is 8.98. The lowest BCUT2D eigenvalue weighted by atomic mass is 9.93. The van der Waals surface area contributed by atoms with Crippen LogP contribution in [-0.2, 0) is 6.42 Å². The number of hydrogen-bond acceptors (Lipinski definition) is 2. The summed E-state index contributed by atoms with van der Waals surface area (Å²) in [6.07, 6.45) is 2.17. The summed E-state index contributed by atoms with van der Waals surface area (Å²) in [5.74, 6) is 0.0998. The summed E-state index contributed by atoms with van der Waals surface area (Å²) in [7, 11) is 0. The van der Waals surface area contributed by atoms with E-state index in [4.69, 9.17) is 0 Å². The van der Waals surface area contributed by atoms with Crippen molar-refractivity contribution in [3.63, 3.8) is 0 Å². The highest BCUT2D eigenvalue weighted by molar-refractivity contribution is 5.74. The Morgan fingerprint density at radius 2 is 1.88 bits per heavy atom. The van der Waals surface area contributed by atoms with Gasteiger partial charge in [-0.1, -0.05) is 54.6 Å². The molecule has 0 saturated heterocycles. The highest BCUT2D eigenvalue weighted by atomic mass is 16.3. The highest BCUT2D eigenvalue weighted by Gasteiger charge is 2.23. The quantitative estimate of drug-likeness (QED) is 0.754. The first kappa shape index (κ1) is 17.5. The van der Waals surface area contributed by atoms with Gasteiger partial charge in [0.15, 0.2) is 0 Å². The molecule has 0 aliphatic heterocycles. The van der Waals surface area contributed by atoms with Crippen LogP contribution < -0.4 is 10.6 Å². The summed E-state index contributed by atoms with van der Waals surface area (Å²) in [5.41, 5.74) is 3.68. The fraction of sp³-hybridized carbons (Fsp3) is 0.381. The average molecular weight is 338 g/mol.